The molecule has 1 aliphatic rings. The Morgan fingerprint density at radius 2 is 2.50 bits per heavy atom. The second-order valence-electron chi connectivity index (χ2n) is 3.15. The monoisotopic (exact) mass is 168 g/mol. The largest absolute Gasteiger partial charge is 0.465 e. The number of hydrogen-bond donors (Lipinski definition) is 0. The minimum absolute atomic E-state index is 0.0648. The van der Waals surface area contributed by atoms with E-state index in [1.54, 1.807) is 0 Å². The molecule has 12 heavy (non-hydrogen) atoms. The smallest absolute Gasteiger partial charge is 0.309 e. The van der Waals surface area contributed by atoms with Crippen LogP contribution < -0.4 is 0 Å². The third kappa shape index (κ3) is 3.07. The lowest BCUT2D eigenvalue weighted by Gasteiger charge is -2.02. The predicted octanol–water partition coefficient (Wildman–Crippen LogP) is 2.44. The van der Waals surface area contributed by atoms with Gasteiger partial charge in [0, 0.05) is 0 Å². The summed E-state index contributed by atoms with van der Waals surface area (Å²) in [5.74, 6) is -0.0648. The van der Waals surface area contributed by atoms with Crippen molar-refractivity contribution in [2.45, 2.75) is 39.0 Å². The van der Waals surface area contributed by atoms with E-state index >= 15 is 0 Å². The number of hydrogen-bond acceptors (Lipinski definition) is 2. The van der Waals surface area contributed by atoms with Gasteiger partial charge >= 0.3 is 5.97 Å². The van der Waals surface area contributed by atoms with Gasteiger partial charge in [-0.1, -0.05) is 18.6 Å². The molecule has 0 radical (unpaired) electrons. The SMILES string of the molecule is CCCOC(=O)CC1=CCCC1. The fraction of sp³-hybridized carbons (Fsp3) is 0.700. The first kappa shape index (κ1) is 9.30. The molecule has 1 aliphatic carbocycles. The van der Waals surface area contributed by atoms with E-state index in [-0.39, 0.29) is 5.97 Å². The van der Waals surface area contributed by atoms with Gasteiger partial charge in [0.05, 0.1) is 13.0 Å². The Kier molecular flexibility index (Phi) is 3.85. The maximum absolute atomic E-state index is 11.1. The topological polar surface area (TPSA) is 26.3 Å². The summed E-state index contributed by atoms with van der Waals surface area (Å²) in [6.07, 6.45) is 7.01. The molecule has 2 heteroatoms. The second-order valence-corrected chi connectivity index (χ2v) is 3.15. The van der Waals surface area contributed by atoms with Crippen LogP contribution in [-0.2, 0) is 9.53 Å². The van der Waals surface area contributed by atoms with Gasteiger partial charge in [0.1, 0.15) is 0 Å². The molecule has 0 atom stereocenters. The summed E-state index contributed by atoms with van der Waals surface area (Å²) in [6.45, 7) is 2.56. The lowest BCUT2D eigenvalue weighted by atomic mass is 10.2. The predicted molar refractivity (Wildman–Crippen MR) is 47.8 cm³/mol. The van der Waals surface area contributed by atoms with Crippen molar-refractivity contribution in [2.24, 2.45) is 0 Å². The van der Waals surface area contributed by atoms with Crippen molar-refractivity contribution in [3.63, 3.8) is 0 Å². The first-order valence-corrected chi connectivity index (χ1v) is 4.66. The highest BCUT2D eigenvalue weighted by atomic mass is 16.5. The van der Waals surface area contributed by atoms with Gasteiger partial charge in [0.2, 0.25) is 0 Å². The Hall–Kier alpha value is -0.790. The number of carbonyl (C=O) groups excluding carboxylic acids is 1. The summed E-state index contributed by atoms with van der Waals surface area (Å²) in [5, 5.41) is 0. The van der Waals surface area contributed by atoms with Crippen LogP contribution in [0.2, 0.25) is 0 Å². The van der Waals surface area contributed by atoms with Crippen molar-refractivity contribution in [3.05, 3.63) is 11.6 Å². The molecule has 0 bridgehead atoms. The normalized spacial score (nSPS) is 15.9. The first-order chi connectivity index (χ1) is 5.83. The molecule has 0 aromatic rings. The van der Waals surface area contributed by atoms with E-state index < -0.39 is 0 Å². The zero-order valence-corrected chi connectivity index (χ0v) is 7.64. The Morgan fingerprint density at radius 1 is 1.67 bits per heavy atom. The molecule has 2 nitrogen and oxygen atoms in total. The number of esters is 1. The van der Waals surface area contributed by atoms with Gasteiger partial charge in [-0.3, -0.25) is 4.79 Å². The minimum Gasteiger partial charge on any atom is -0.465 e. The Bertz CT molecular complexity index is 182. The molecule has 68 valence electrons. The van der Waals surface area contributed by atoms with Crippen LogP contribution in [0, 0.1) is 0 Å². The van der Waals surface area contributed by atoms with E-state index in [1.807, 2.05) is 6.92 Å². The fourth-order valence-electron chi connectivity index (χ4n) is 1.35. The van der Waals surface area contributed by atoms with E-state index in [1.165, 1.54) is 12.0 Å². The number of rotatable bonds is 4. The molecule has 0 N–H and O–H groups in total. The summed E-state index contributed by atoms with van der Waals surface area (Å²) in [6, 6.07) is 0. The molecule has 0 amide bonds. The maximum atomic E-state index is 11.1. The number of allylic oxidation sites excluding steroid dienone is 1. The van der Waals surface area contributed by atoms with Gasteiger partial charge in [0.15, 0.2) is 0 Å². The molecule has 0 fully saturated rings. The quantitative estimate of drug-likeness (QED) is 0.476. The van der Waals surface area contributed by atoms with Crippen LogP contribution in [0.5, 0.6) is 0 Å². The van der Waals surface area contributed by atoms with Crippen LogP contribution in [0.25, 0.3) is 0 Å². The van der Waals surface area contributed by atoms with Crippen LogP contribution in [0.3, 0.4) is 0 Å². The van der Waals surface area contributed by atoms with Gasteiger partial charge in [-0.25, -0.2) is 0 Å². The average Bonchev–Trinajstić information content (AvgIpc) is 2.53. The third-order valence-electron chi connectivity index (χ3n) is 1.97. The molecule has 0 spiro atoms. The van der Waals surface area contributed by atoms with Gasteiger partial charge < -0.3 is 4.74 Å². The molecule has 0 aromatic carbocycles. The highest BCUT2D eigenvalue weighted by Gasteiger charge is 2.09. The van der Waals surface area contributed by atoms with Gasteiger partial charge in [-0.05, 0) is 25.7 Å². The van der Waals surface area contributed by atoms with E-state index in [2.05, 4.69) is 6.08 Å². The highest BCUT2D eigenvalue weighted by Crippen LogP contribution is 2.20. The van der Waals surface area contributed by atoms with Crippen molar-refractivity contribution >= 4 is 5.97 Å². The first-order valence-electron chi connectivity index (χ1n) is 4.66. The molecule has 0 aromatic heterocycles. The highest BCUT2D eigenvalue weighted by molar-refractivity contribution is 5.72. The van der Waals surface area contributed by atoms with E-state index in [0.29, 0.717) is 13.0 Å². The molecular formula is C10H16O2. The second kappa shape index (κ2) is 4.96. The van der Waals surface area contributed by atoms with Crippen molar-refractivity contribution in [1.29, 1.82) is 0 Å². The summed E-state index contributed by atoms with van der Waals surface area (Å²) in [4.78, 5) is 11.1. The minimum atomic E-state index is -0.0648. The van der Waals surface area contributed by atoms with Crippen LogP contribution in [0.1, 0.15) is 39.0 Å². The van der Waals surface area contributed by atoms with Crippen molar-refractivity contribution in [2.75, 3.05) is 6.61 Å². The molecular weight excluding hydrogens is 152 g/mol. The van der Waals surface area contributed by atoms with E-state index in [9.17, 15) is 4.79 Å². The van der Waals surface area contributed by atoms with Gasteiger partial charge in [0.25, 0.3) is 0 Å². The lowest BCUT2D eigenvalue weighted by molar-refractivity contribution is -0.142. The number of ether oxygens (including phenoxy) is 1. The van der Waals surface area contributed by atoms with E-state index in [4.69, 9.17) is 4.74 Å². The van der Waals surface area contributed by atoms with Crippen LogP contribution in [0.4, 0.5) is 0 Å². The summed E-state index contributed by atoms with van der Waals surface area (Å²) in [7, 11) is 0. The molecule has 0 unspecified atom stereocenters. The number of carbonyl (C=O) groups is 1. The summed E-state index contributed by atoms with van der Waals surface area (Å²) < 4.78 is 4.97. The Labute approximate surface area is 73.6 Å². The summed E-state index contributed by atoms with van der Waals surface area (Å²) >= 11 is 0. The van der Waals surface area contributed by atoms with E-state index in [0.717, 1.165) is 19.3 Å². The Balaban J connectivity index is 2.17. The van der Waals surface area contributed by atoms with Crippen LogP contribution in [-0.4, -0.2) is 12.6 Å². The molecule has 1 rings (SSSR count). The lowest BCUT2D eigenvalue weighted by Crippen LogP contribution is -2.05. The zero-order valence-electron chi connectivity index (χ0n) is 7.64. The summed E-state index contributed by atoms with van der Waals surface area (Å²) in [5.41, 5.74) is 1.26. The molecule has 0 saturated heterocycles. The maximum Gasteiger partial charge on any atom is 0.309 e. The van der Waals surface area contributed by atoms with Gasteiger partial charge in [-0.2, -0.15) is 0 Å². The van der Waals surface area contributed by atoms with Crippen molar-refractivity contribution < 1.29 is 9.53 Å². The van der Waals surface area contributed by atoms with Crippen molar-refractivity contribution in [3.8, 4) is 0 Å². The third-order valence-corrected chi connectivity index (χ3v) is 1.97. The van der Waals surface area contributed by atoms with Crippen molar-refractivity contribution in [1.82, 2.24) is 0 Å². The standard InChI is InChI=1S/C10H16O2/c1-2-7-12-10(11)8-9-5-3-4-6-9/h5H,2-4,6-8H2,1H3. The Morgan fingerprint density at radius 3 is 3.08 bits per heavy atom. The van der Waals surface area contributed by atoms with Gasteiger partial charge in [-0.15, -0.1) is 0 Å². The zero-order chi connectivity index (χ0) is 8.81. The molecule has 0 saturated carbocycles. The van der Waals surface area contributed by atoms with Crippen LogP contribution >= 0.6 is 0 Å². The van der Waals surface area contributed by atoms with Crippen LogP contribution in [0.15, 0.2) is 11.6 Å². The molecule has 0 heterocycles. The fourth-order valence-corrected chi connectivity index (χ4v) is 1.35. The molecule has 0 aliphatic heterocycles. The average molecular weight is 168 g/mol.